The lowest BCUT2D eigenvalue weighted by molar-refractivity contribution is 0.462. The fourth-order valence-electron chi connectivity index (χ4n) is 2.02. The minimum atomic E-state index is -0.387. The van der Waals surface area contributed by atoms with E-state index in [1.54, 1.807) is 18.2 Å². The molecule has 0 aliphatic carbocycles. The van der Waals surface area contributed by atoms with Crippen LogP contribution in [-0.4, -0.2) is 10.2 Å². The first-order chi connectivity index (χ1) is 10.6. The summed E-state index contributed by atoms with van der Waals surface area (Å²) in [7, 11) is 0. The molecule has 1 atom stereocenters. The Balaban J connectivity index is 1.80. The van der Waals surface area contributed by atoms with E-state index in [1.807, 2.05) is 31.2 Å². The summed E-state index contributed by atoms with van der Waals surface area (Å²) in [5.74, 6) is -0.214. The lowest BCUT2D eigenvalue weighted by atomic mass is 10.2. The van der Waals surface area contributed by atoms with Gasteiger partial charge in [-0.3, -0.25) is 0 Å². The van der Waals surface area contributed by atoms with Crippen LogP contribution in [0.5, 0.6) is 0 Å². The van der Waals surface area contributed by atoms with Crippen molar-refractivity contribution in [3.05, 3.63) is 64.9 Å². The zero-order valence-corrected chi connectivity index (χ0v) is 13.2. The molecule has 3 rings (SSSR count). The molecule has 22 heavy (non-hydrogen) atoms. The van der Waals surface area contributed by atoms with Gasteiger partial charge in [0.1, 0.15) is 5.82 Å². The van der Waals surface area contributed by atoms with E-state index in [0.29, 0.717) is 15.8 Å². The molecule has 3 aromatic rings. The van der Waals surface area contributed by atoms with Crippen LogP contribution >= 0.6 is 23.4 Å². The van der Waals surface area contributed by atoms with E-state index in [9.17, 15) is 4.39 Å². The summed E-state index contributed by atoms with van der Waals surface area (Å²) in [5.41, 5.74) is 1.28. The van der Waals surface area contributed by atoms with Gasteiger partial charge in [0.25, 0.3) is 11.1 Å². The Morgan fingerprint density at radius 3 is 2.59 bits per heavy atom. The van der Waals surface area contributed by atoms with Gasteiger partial charge in [0.2, 0.25) is 0 Å². The second-order valence-electron chi connectivity index (χ2n) is 4.63. The SMILES string of the molecule is C[C@H](Sc1nnc(-c2ccccc2F)o1)c1ccccc1Cl. The quantitative estimate of drug-likeness (QED) is 0.600. The van der Waals surface area contributed by atoms with Crippen LogP contribution < -0.4 is 0 Å². The summed E-state index contributed by atoms with van der Waals surface area (Å²) in [6.45, 7) is 2.00. The number of thioether (sulfide) groups is 1. The molecule has 0 aliphatic heterocycles. The van der Waals surface area contributed by atoms with Crippen molar-refractivity contribution in [3.63, 3.8) is 0 Å². The first-order valence-electron chi connectivity index (χ1n) is 6.64. The maximum atomic E-state index is 13.7. The molecule has 0 bridgehead atoms. The van der Waals surface area contributed by atoms with Gasteiger partial charge in [-0.15, -0.1) is 10.2 Å². The van der Waals surface area contributed by atoms with Gasteiger partial charge in [0.05, 0.1) is 5.56 Å². The van der Waals surface area contributed by atoms with Crippen molar-refractivity contribution in [1.82, 2.24) is 10.2 Å². The number of aromatic nitrogens is 2. The van der Waals surface area contributed by atoms with Crippen LogP contribution in [0.15, 0.2) is 58.2 Å². The van der Waals surface area contributed by atoms with Gasteiger partial charge in [0.15, 0.2) is 0 Å². The smallest absolute Gasteiger partial charge is 0.277 e. The average Bonchev–Trinajstić information content (AvgIpc) is 2.96. The van der Waals surface area contributed by atoms with E-state index in [-0.39, 0.29) is 17.0 Å². The van der Waals surface area contributed by atoms with Gasteiger partial charge in [-0.25, -0.2) is 4.39 Å². The van der Waals surface area contributed by atoms with Crippen molar-refractivity contribution < 1.29 is 8.81 Å². The van der Waals surface area contributed by atoms with Gasteiger partial charge in [-0.2, -0.15) is 0 Å². The number of benzene rings is 2. The van der Waals surface area contributed by atoms with Crippen molar-refractivity contribution in [3.8, 4) is 11.5 Å². The normalized spacial score (nSPS) is 12.3. The van der Waals surface area contributed by atoms with E-state index in [2.05, 4.69) is 10.2 Å². The molecule has 0 saturated carbocycles. The standard InChI is InChI=1S/C16H12ClFN2OS/c1-10(11-6-2-4-8-13(11)17)22-16-20-19-15(21-16)12-7-3-5-9-14(12)18/h2-10H,1H3/t10-/m0/s1. The van der Waals surface area contributed by atoms with Crippen LogP contribution in [0.1, 0.15) is 17.7 Å². The third-order valence-corrected chi connectivity index (χ3v) is 4.45. The van der Waals surface area contributed by atoms with Crippen LogP contribution in [-0.2, 0) is 0 Å². The van der Waals surface area contributed by atoms with Gasteiger partial charge in [0, 0.05) is 10.3 Å². The van der Waals surface area contributed by atoms with E-state index < -0.39 is 0 Å². The molecule has 3 nitrogen and oxygen atoms in total. The minimum Gasteiger partial charge on any atom is -0.411 e. The van der Waals surface area contributed by atoms with E-state index in [0.717, 1.165) is 5.56 Å². The number of halogens is 2. The van der Waals surface area contributed by atoms with Gasteiger partial charge < -0.3 is 4.42 Å². The van der Waals surface area contributed by atoms with Crippen LogP contribution in [0.2, 0.25) is 5.02 Å². The minimum absolute atomic E-state index is 0.0441. The Kier molecular flexibility index (Phi) is 4.45. The third kappa shape index (κ3) is 3.15. The molecule has 0 amide bonds. The number of hydrogen-bond acceptors (Lipinski definition) is 4. The molecule has 0 fully saturated rings. The summed E-state index contributed by atoms with van der Waals surface area (Å²) >= 11 is 7.56. The monoisotopic (exact) mass is 334 g/mol. The van der Waals surface area contributed by atoms with E-state index >= 15 is 0 Å². The second-order valence-corrected chi connectivity index (χ2v) is 6.33. The van der Waals surface area contributed by atoms with E-state index in [1.165, 1.54) is 17.8 Å². The van der Waals surface area contributed by atoms with Crippen LogP contribution in [0.4, 0.5) is 4.39 Å². The first kappa shape index (κ1) is 15.1. The molecule has 0 aliphatic rings. The highest BCUT2D eigenvalue weighted by molar-refractivity contribution is 7.99. The second kappa shape index (κ2) is 6.50. The predicted octanol–water partition coefficient (Wildman–Crippen LogP) is 5.38. The Morgan fingerprint density at radius 2 is 1.82 bits per heavy atom. The molecule has 0 unspecified atom stereocenters. The van der Waals surface area contributed by atoms with Crippen molar-refractivity contribution >= 4 is 23.4 Å². The topological polar surface area (TPSA) is 38.9 Å². The van der Waals surface area contributed by atoms with Gasteiger partial charge in [-0.05, 0) is 30.7 Å². The Morgan fingerprint density at radius 1 is 1.09 bits per heavy atom. The molecule has 6 heteroatoms. The molecule has 1 aromatic heterocycles. The van der Waals surface area contributed by atoms with Crippen LogP contribution in [0, 0.1) is 5.82 Å². The van der Waals surface area contributed by atoms with Gasteiger partial charge >= 0.3 is 0 Å². The van der Waals surface area contributed by atoms with Gasteiger partial charge in [-0.1, -0.05) is 53.7 Å². The molecular formula is C16H12ClFN2OS. The summed E-state index contributed by atoms with van der Waals surface area (Å²) < 4.78 is 19.3. The molecule has 0 radical (unpaired) electrons. The molecule has 0 spiro atoms. The highest BCUT2D eigenvalue weighted by Crippen LogP contribution is 2.38. The fourth-order valence-corrected chi connectivity index (χ4v) is 3.23. The maximum Gasteiger partial charge on any atom is 0.277 e. The zero-order chi connectivity index (χ0) is 15.5. The van der Waals surface area contributed by atoms with E-state index in [4.69, 9.17) is 16.0 Å². The van der Waals surface area contributed by atoms with Crippen molar-refractivity contribution in [2.75, 3.05) is 0 Å². The number of hydrogen-bond donors (Lipinski definition) is 0. The third-order valence-electron chi connectivity index (χ3n) is 3.13. The predicted molar refractivity (Wildman–Crippen MR) is 85.4 cm³/mol. The zero-order valence-electron chi connectivity index (χ0n) is 11.7. The number of nitrogens with zero attached hydrogens (tertiary/aromatic N) is 2. The van der Waals surface area contributed by atoms with Crippen LogP contribution in [0.25, 0.3) is 11.5 Å². The summed E-state index contributed by atoms with van der Waals surface area (Å²) in [6.07, 6.45) is 0. The molecule has 0 N–H and O–H groups in total. The highest BCUT2D eigenvalue weighted by atomic mass is 35.5. The molecule has 0 saturated heterocycles. The lowest BCUT2D eigenvalue weighted by Gasteiger charge is -2.10. The van der Waals surface area contributed by atoms with Crippen LogP contribution in [0.3, 0.4) is 0 Å². The summed E-state index contributed by atoms with van der Waals surface area (Å²) in [4.78, 5) is 0. The maximum absolute atomic E-state index is 13.7. The largest absolute Gasteiger partial charge is 0.411 e. The lowest BCUT2D eigenvalue weighted by Crippen LogP contribution is -1.89. The summed E-state index contributed by atoms with van der Waals surface area (Å²) in [5, 5.41) is 8.99. The fraction of sp³-hybridized carbons (Fsp3) is 0.125. The first-order valence-corrected chi connectivity index (χ1v) is 7.90. The molecule has 1 heterocycles. The van der Waals surface area contributed by atoms with Crippen molar-refractivity contribution in [2.45, 2.75) is 17.4 Å². The van der Waals surface area contributed by atoms with Crippen molar-refractivity contribution in [1.29, 1.82) is 0 Å². The summed E-state index contributed by atoms with van der Waals surface area (Å²) in [6, 6.07) is 13.9. The molecule has 2 aromatic carbocycles. The Hall–Kier alpha value is -1.85. The molecule has 112 valence electrons. The van der Waals surface area contributed by atoms with Crippen molar-refractivity contribution in [2.24, 2.45) is 0 Å². The Labute approximate surface area is 136 Å². The Bertz CT molecular complexity index is 793. The molecular weight excluding hydrogens is 323 g/mol. The highest BCUT2D eigenvalue weighted by Gasteiger charge is 2.17. The average molecular weight is 335 g/mol. The number of rotatable bonds is 4.